The maximum atomic E-state index is 9.16. The van der Waals surface area contributed by atoms with E-state index in [1.165, 1.54) is 0 Å². The summed E-state index contributed by atoms with van der Waals surface area (Å²) >= 11 is 0. The maximum absolute atomic E-state index is 9.16. The van der Waals surface area contributed by atoms with Gasteiger partial charge in [0.05, 0.1) is 24.4 Å². The summed E-state index contributed by atoms with van der Waals surface area (Å²) in [5.41, 5.74) is 1.45. The lowest BCUT2D eigenvalue weighted by Crippen LogP contribution is -1.79. The van der Waals surface area contributed by atoms with Crippen molar-refractivity contribution in [2.75, 3.05) is 0 Å². The van der Waals surface area contributed by atoms with Crippen LogP contribution in [0.3, 0.4) is 0 Å². The van der Waals surface area contributed by atoms with Gasteiger partial charge in [-0.05, 0) is 12.1 Å². The van der Waals surface area contributed by atoms with Crippen molar-refractivity contribution < 1.29 is 5.11 Å². The average molecular weight is 173 g/mol. The Labute approximate surface area is 74.7 Å². The molecule has 0 aromatic carbocycles. The van der Waals surface area contributed by atoms with Crippen molar-refractivity contribution in [3.8, 4) is 11.8 Å². The Hall–Kier alpha value is -2.02. The smallest absolute Gasteiger partial charge is 0.137 e. The summed E-state index contributed by atoms with van der Waals surface area (Å²) in [6.45, 7) is 0. The molecule has 0 radical (unpaired) electrons. The Balaban J connectivity index is 2.57. The molecule has 0 aliphatic rings. The molecule has 0 aliphatic heterocycles. The summed E-state index contributed by atoms with van der Waals surface area (Å²) in [6.07, 6.45) is 3.59. The highest BCUT2D eigenvalue weighted by atomic mass is 16.3. The number of aromatic nitrogens is 2. The minimum atomic E-state index is 0.188. The Bertz CT molecular complexity index is 481. The molecule has 0 saturated carbocycles. The second-order valence-electron chi connectivity index (χ2n) is 2.72. The molecule has 4 heteroatoms. The first-order valence-electron chi connectivity index (χ1n) is 3.83. The number of nitrogens with zero attached hydrogens (tertiary/aromatic N) is 3. The van der Waals surface area contributed by atoms with E-state index in [4.69, 9.17) is 10.4 Å². The van der Waals surface area contributed by atoms with Crippen LogP contribution in [-0.4, -0.2) is 14.5 Å². The fraction of sp³-hybridized carbons (Fsp3) is 0.111. The molecule has 2 rings (SSSR count). The third-order valence-electron chi connectivity index (χ3n) is 1.75. The number of rotatable bonds is 1. The van der Waals surface area contributed by atoms with Gasteiger partial charge in [-0.2, -0.15) is 5.26 Å². The van der Waals surface area contributed by atoms with Crippen LogP contribution < -0.4 is 0 Å². The molecule has 0 bridgehead atoms. The second kappa shape index (κ2) is 2.79. The maximum Gasteiger partial charge on any atom is 0.137 e. The van der Waals surface area contributed by atoms with Crippen LogP contribution in [0.4, 0.5) is 0 Å². The molecule has 4 nitrogen and oxygen atoms in total. The first kappa shape index (κ1) is 7.62. The van der Waals surface area contributed by atoms with Crippen LogP contribution >= 0.6 is 0 Å². The number of hydrogen-bond donors (Lipinski definition) is 1. The monoisotopic (exact) mass is 173 g/mol. The molecule has 2 aromatic rings. The standard InChI is InChI=1S/C9H7N3O/c10-4-3-7-5-12-6-8(13)1-2-9(12)11-7/h1-2,5-6,13H,3H2. The number of hydrogen-bond acceptors (Lipinski definition) is 3. The van der Waals surface area contributed by atoms with Crippen molar-refractivity contribution in [2.45, 2.75) is 6.42 Å². The van der Waals surface area contributed by atoms with Crippen LogP contribution in [0.2, 0.25) is 0 Å². The van der Waals surface area contributed by atoms with Crippen molar-refractivity contribution in [1.29, 1.82) is 5.26 Å². The lowest BCUT2D eigenvalue weighted by molar-refractivity contribution is 0.472. The first-order valence-corrected chi connectivity index (χ1v) is 3.83. The van der Waals surface area contributed by atoms with Gasteiger partial charge in [0.1, 0.15) is 11.4 Å². The Morgan fingerprint density at radius 2 is 2.31 bits per heavy atom. The topological polar surface area (TPSA) is 61.3 Å². The van der Waals surface area contributed by atoms with Gasteiger partial charge < -0.3 is 9.51 Å². The Morgan fingerprint density at radius 3 is 3.08 bits per heavy atom. The zero-order chi connectivity index (χ0) is 9.26. The summed E-state index contributed by atoms with van der Waals surface area (Å²) in [5.74, 6) is 0.188. The van der Waals surface area contributed by atoms with E-state index in [-0.39, 0.29) is 5.75 Å². The molecule has 2 aromatic heterocycles. The molecule has 0 saturated heterocycles. The predicted molar refractivity (Wildman–Crippen MR) is 46.2 cm³/mol. The molecule has 0 amide bonds. The highest BCUT2D eigenvalue weighted by Gasteiger charge is 2.00. The third kappa shape index (κ3) is 1.32. The van der Waals surface area contributed by atoms with Gasteiger partial charge in [-0.1, -0.05) is 0 Å². The van der Waals surface area contributed by atoms with Gasteiger partial charge >= 0.3 is 0 Å². The number of nitriles is 1. The van der Waals surface area contributed by atoms with Crippen LogP contribution in [0.5, 0.6) is 5.75 Å². The van der Waals surface area contributed by atoms with E-state index in [0.717, 1.165) is 5.65 Å². The summed E-state index contributed by atoms with van der Waals surface area (Å²) in [7, 11) is 0. The Kier molecular flexibility index (Phi) is 1.64. The first-order chi connectivity index (χ1) is 6.29. The number of pyridine rings is 1. The minimum Gasteiger partial charge on any atom is -0.506 e. The predicted octanol–water partition coefficient (Wildman–Crippen LogP) is 1.11. The van der Waals surface area contributed by atoms with Crippen molar-refractivity contribution in [1.82, 2.24) is 9.38 Å². The number of imidazole rings is 1. The normalized spacial score (nSPS) is 10.1. The third-order valence-corrected chi connectivity index (χ3v) is 1.75. The van der Waals surface area contributed by atoms with E-state index >= 15 is 0 Å². The van der Waals surface area contributed by atoms with E-state index < -0.39 is 0 Å². The SMILES string of the molecule is N#CCc1cn2cc(O)ccc2n1. The molecule has 0 fully saturated rings. The number of fused-ring (bicyclic) bond motifs is 1. The van der Waals surface area contributed by atoms with Gasteiger partial charge in [0, 0.05) is 6.20 Å². The van der Waals surface area contributed by atoms with Crippen LogP contribution in [0.25, 0.3) is 5.65 Å². The van der Waals surface area contributed by atoms with Gasteiger partial charge in [0.2, 0.25) is 0 Å². The molecular weight excluding hydrogens is 166 g/mol. The van der Waals surface area contributed by atoms with Crippen molar-refractivity contribution >= 4 is 5.65 Å². The van der Waals surface area contributed by atoms with Crippen molar-refractivity contribution in [2.24, 2.45) is 0 Å². The molecular formula is C9H7N3O. The fourth-order valence-corrected chi connectivity index (χ4v) is 1.20. The van der Waals surface area contributed by atoms with Crippen LogP contribution in [0, 0.1) is 11.3 Å². The summed E-state index contributed by atoms with van der Waals surface area (Å²) in [4.78, 5) is 4.17. The zero-order valence-corrected chi connectivity index (χ0v) is 6.81. The fourth-order valence-electron chi connectivity index (χ4n) is 1.20. The molecule has 64 valence electrons. The quantitative estimate of drug-likeness (QED) is 0.702. The molecule has 0 aliphatic carbocycles. The summed E-state index contributed by atoms with van der Waals surface area (Å²) < 4.78 is 1.70. The molecule has 0 unspecified atom stereocenters. The van der Waals surface area contributed by atoms with Crippen LogP contribution in [-0.2, 0) is 6.42 Å². The van der Waals surface area contributed by atoms with Crippen LogP contribution in [0.1, 0.15) is 5.69 Å². The minimum absolute atomic E-state index is 0.188. The largest absolute Gasteiger partial charge is 0.506 e. The molecule has 0 spiro atoms. The summed E-state index contributed by atoms with van der Waals surface area (Å²) in [6, 6.07) is 5.29. The van der Waals surface area contributed by atoms with Gasteiger partial charge in [-0.25, -0.2) is 4.98 Å². The van der Waals surface area contributed by atoms with Gasteiger partial charge in [-0.3, -0.25) is 0 Å². The zero-order valence-electron chi connectivity index (χ0n) is 6.81. The van der Waals surface area contributed by atoms with E-state index in [0.29, 0.717) is 12.1 Å². The van der Waals surface area contributed by atoms with Crippen molar-refractivity contribution in [3.63, 3.8) is 0 Å². The van der Waals surface area contributed by atoms with Crippen molar-refractivity contribution in [3.05, 3.63) is 30.2 Å². The highest BCUT2D eigenvalue weighted by Crippen LogP contribution is 2.11. The van der Waals surface area contributed by atoms with Gasteiger partial charge in [0.15, 0.2) is 0 Å². The van der Waals surface area contributed by atoms with Crippen LogP contribution in [0.15, 0.2) is 24.5 Å². The lowest BCUT2D eigenvalue weighted by Gasteiger charge is -1.92. The van der Waals surface area contributed by atoms with Gasteiger partial charge in [-0.15, -0.1) is 0 Å². The number of aromatic hydroxyl groups is 1. The van der Waals surface area contributed by atoms with E-state index in [2.05, 4.69) is 4.98 Å². The average Bonchev–Trinajstić information content (AvgIpc) is 2.46. The van der Waals surface area contributed by atoms with E-state index in [1.807, 2.05) is 6.07 Å². The summed E-state index contributed by atoms with van der Waals surface area (Å²) in [5, 5.41) is 17.6. The Morgan fingerprint density at radius 1 is 1.46 bits per heavy atom. The molecule has 1 N–H and O–H groups in total. The van der Waals surface area contributed by atoms with E-state index in [1.54, 1.807) is 28.9 Å². The van der Waals surface area contributed by atoms with Gasteiger partial charge in [0.25, 0.3) is 0 Å². The molecule has 0 atom stereocenters. The molecule has 2 heterocycles. The molecule has 13 heavy (non-hydrogen) atoms. The highest BCUT2D eigenvalue weighted by molar-refractivity contribution is 5.42. The second-order valence-corrected chi connectivity index (χ2v) is 2.72. The lowest BCUT2D eigenvalue weighted by atomic mass is 10.4. The van der Waals surface area contributed by atoms with E-state index in [9.17, 15) is 0 Å².